The van der Waals surface area contributed by atoms with E-state index < -0.39 is 0 Å². The van der Waals surface area contributed by atoms with Crippen molar-refractivity contribution in [3.8, 4) is 0 Å². The first-order valence-electron chi connectivity index (χ1n) is 8.10. The van der Waals surface area contributed by atoms with E-state index in [9.17, 15) is 9.59 Å². The van der Waals surface area contributed by atoms with E-state index >= 15 is 0 Å². The highest BCUT2D eigenvalue weighted by molar-refractivity contribution is 7.71. The minimum absolute atomic E-state index is 0.166. The van der Waals surface area contributed by atoms with Crippen molar-refractivity contribution in [2.45, 2.75) is 19.5 Å². The molecular formula is C19H18N4O2S. The zero-order chi connectivity index (χ0) is 18.7. The Kier molecular flexibility index (Phi) is 5.09. The number of nitrogens with zero attached hydrogens (tertiary/aromatic N) is 2. The van der Waals surface area contributed by atoms with E-state index in [2.05, 4.69) is 21.9 Å². The van der Waals surface area contributed by atoms with E-state index in [0.717, 1.165) is 5.56 Å². The maximum Gasteiger partial charge on any atom is 0.262 e. The van der Waals surface area contributed by atoms with Gasteiger partial charge >= 0.3 is 0 Å². The second-order valence-corrected chi connectivity index (χ2v) is 6.26. The number of rotatable bonds is 5. The lowest BCUT2D eigenvalue weighted by Crippen LogP contribution is -2.27. The fraction of sp³-hybridized carbons (Fsp3) is 0.158. The van der Waals surface area contributed by atoms with Crippen molar-refractivity contribution in [3.63, 3.8) is 0 Å². The number of aromatic nitrogens is 3. The van der Waals surface area contributed by atoms with Crippen molar-refractivity contribution >= 4 is 29.0 Å². The van der Waals surface area contributed by atoms with Crippen LogP contribution in [0, 0.1) is 4.77 Å². The van der Waals surface area contributed by atoms with Gasteiger partial charge in [0.25, 0.3) is 11.5 Å². The number of pyridine rings is 1. The molecule has 132 valence electrons. The first-order chi connectivity index (χ1) is 12.5. The number of nitrogens with one attached hydrogen (secondary N) is 2. The van der Waals surface area contributed by atoms with Gasteiger partial charge < -0.3 is 10.3 Å². The van der Waals surface area contributed by atoms with Crippen molar-refractivity contribution in [2.24, 2.45) is 0 Å². The Morgan fingerprint density at radius 3 is 2.81 bits per heavy atom. The summed E-state index contributed by atoms with van der Waals surface area (Å²) in [6, 6.07) is 8.44. The van der Waals surface area contributed by atoms with Gasteiger partial charge in [-0.15, -0.1) is 6.58 Å². The number of H-pyrrole nitrogens is 1. The lowest BCUT2D eigenvalue weighted by atomic mass is 10.1. The Labute approximate surface area is 155 Å². The smallest absolute Gasteiger partial charge is 0.262 e. The summed E-state index contributed by atoms with van der Waals surface area (Å²) in [6.45, 7) is 5.86. The number of aromatic amines is 1. The van der Waals surface area contributed by atoms with Crippen LogP contribution in [-0.4, -0.2) is 20.4 Å². The van der Waals surface area contributed by atoms with Crippen LogP contribution in [-0.2, 0) is 6.54 Å². The molecule has 0 aliphatic heterocycles. The standard InChI is InChI=1S/C19H18N4O2S/c1-3-10-23-18(25)15-5-4-14(11-16(15)22-19(23)26)17(24)21-12(2)13-6-8-20-9-7-13/h3-9,11-12H,1,10H2,2H3,(H,21,24)(H,22,26). The second kappa shape index (κ2) is 7.45. The molecule has 2 N–H and O–H groups in total. The Bertz CT molecular complexity index is 1090. The summed E-state index contributed by atoms with van der Waals surface area (Å²) in [5, 5.41) is 3.41. The summed E-state index contributed by atoms with van der Waals surface area (Å²) in [4.78, 5) is 32.0. The van der Waals surface area contributed by atoms with Crippen molar-refractivity contribution in [2.75, 3.05) is 0 Å². The van der Waals surface area contributed by atoms with E-state index in [4.69, 9.17) is 12.2 Å². The Hall–Kier alpha value is -3.06. The van der Waals surface area contributed by atoms with Crippen LogP contribution in [0.5, 0.6) is 0 Å². The Morgan fingerprint density at radius 2 is 2.12 bits per heavy atom. The van der Waals surface area contributed by atoms with Gasteiger partial charge in [0.15, 0.2) is 4.77 Å². The third-order valence-corrected chi connectivity index (χ3v) is 4.43. The third-order valence-electron chi connectivity index (χ3n) is 4.11. The van der Waals surface area contributed by atoms with Crippen molar-refractivity contribution in [3.05, 3.63) is 81.6 Å². The molecule has 0 bridgehead atoms. The summed E-state index contributed by atoms with van der Waals surface area (Å²) in [6.07, 6.45) is 4.98. The quantitative estimate of drug-likeness (QED) is 0.537. The van der Waals surface area contributed by atoms with Crippen LogP contribution in [0.1, 0.15) is 28.9 Å². The molecule has 3 aromatic rings. The molecule has 0 saturated carbocycles. The first-order valence-corrected chi connectivity index (χ1v) is 8.50. The minimum atomic E-state index is -0.231. The second-order valence-electron chi connectivity index (χ2n) is 5.87. The van der Waals surface area contributed by atoms with Crippen LogP contribution in [0.25, 0.3) is 10.9 Å². The summed E-state index contributed by atoms with van der Waals surface area (Å²) >= 11 is 5.23. The number of amides is 1. The van der Waals surface area contributed by atoms with Crippen molar-refractivity contribution in [1.82, 2.24) is 19.9 Å². The van der Waals surface area contributed by atoms with Gasteiger partial charge in [0, 0.05) is 24.5 Å². The third kappa shape index (κ3) is 3.48. The molecule has 0 fully saturated rings. The molecule has 0 spiro atoms. The Balaban J connectivity index is 1.93. The molecular weight excluding hydrogens is 348 g/mol. The molecule has 6 nitrogen and oxygen atoms in total. The number of carbonyl (C=O) groups excluding carboxylic acids is 1. The van der Waals surface area contributed by atoms with E-state index in [-0.39, 0.29) is 17.5 Å². The van der Waals surface area contributed by atoms with Gasteiger partial charge in [0.1, 0.15) is 0 Å². The van der Waals surface area contributed by atoms with Crippen LogP contribution in [0.3, 0.4) is 0 Å². The van der Waals surface area contributed by atoms with Gasteiger partial charge in [-0.1, -0.05) is 6.08 Å². The van der Waals surface area contributed by atoms with Crippen LogP contribution in [0.4, 0.5) is 0 Å². The molecule has 3 rings (SSSR count). The normalized spacial score (nSPS) is 11.9. The average Bonchev–Trinajstić information content (AvgIpc) is 2.65. The molecule has 26 heavy (non-hydrogen) atoms. The summed E-state index contributed by atoms with van der Waals surface area (Å²) in [5.41, 5.74) is 1.73. The molecule has 0 saturated heterocycles. The molecule has 1 atom stereocenters. The van der Waals surface area contributed by atoms with E-state index in [1.165, 1.54) is 4.57 Å². The van der Waals surface area contributed by atoms with Crippen LogP contribution in [0.15, 0.2) is 60.2 Å². The fourth-order valence-corrected chi connectivity index (χ4v) is 2.97. The minimum Gasteiger partial charge on any atom is -0.346 e. The van der Waals surface area contributed by atoms with Gasteiger partial charge in [-0.2, -0.15) is 0 Å². The van der Waals surface area contributed by atoms with Crippen molar-refractivity contribution < 1.29 is 4.79 Å². The Morgan fingerprint density at radius 1 is 1.38 bits per heavy atom. The summed E-state index contributed by atoms with van der Waals surface area (Å²) in [7, 11) is 0. The van der Waals surface area contributed by atoms with E-state index in [1.807, 2.05) is 19.1 Å². The highest BCUT2D eigenvalue weighted by Gasteiger charge is 2.13. The fourth-order valence-electron chi connectivity index (χ4n) is 2.71. The van der Waals surface area contributed by atoms with E-state index in [1.54, 1.807) is 36.7 Å². The largest absolute Gasteiger partial charge is 0.346 e. The topological polar surface area (TPSA) is 79.8 Å². The SMILES string of the molecule is C=CCn1c(=S)[nH]c2cc(C(=O)NC(C)c3ccncc3)ccc2c1=O. The van der Waals surface area contributed by atoms with Gasteiger partial charge in [-0.25, -0.2) is 0 Å². The monoisotopic (exact) mass is 366 g/mol. The molecule has 0 aliphatic rings. The molecule has 1 aromatic carbocycles. The highest BCUT2D eigenvalue weighted by atomic mass is 32.1. The molecule has 1 amide bonds. The lowest BCUT2D eigenvalue weighted by molar-refractivity contribution is 0.0940. The zero-order valence-corrected chi connectivity index (χ0v) is 15.0. The van der Waals surface area contributed by atoms with Crippen LogP contribution >= 0.6 is 12.2 Å². The van der Waals surface area contributed by atoms with Crippen LogP contribution < -0.4 is 10.9 Å². The average molecular weight is 366 g/mol. The van der Waals surface area contributed by atoms with Crippen LogP contribution in [0.2, 0.25) is 0 Å². The van der Waals surface area contributed by atoms with Gasteiger partial charge in [0.05, 0.1) is 16.9 Å². The first kappa shape index (κ1) is 17.8. The van der Waals surface area contributed by atoms with Gasteiger partial charge in [-0.05, 0) is 55.0 Å². The maximum absolute atomic E-state index is 12.5. The molecule has 2 heterocycles. The number of hydrogen-bond donors (Lipinski definition) is 2. The maximum atomic E-state index is 12.5. The lowest BCUT2D eigenvalue weighted by Gasteiger charge is -2.14. The molecule has 0 aliphatic carbocycles. The summed E-state index contributed by atoms with van der Waals surface area (Å²) < 4.78 is 1.72. The van der Waals surface area contributed by atoms with Gasteiger partial charge in [0.2, 0.25) is 0 Å². The number of allylic oxidation sites excluding steroid dienone is 1. The number of carbonyl (C=O) groups is 1. The molecule has 7 heteroatoms. The van der Waals surface area contributed by atoms with Crippen molar-refractivity contribution in [1.29, 1.82) is 0 Å². The molecule has 2 aromatic heterocycles. The van der Waals surface area contributed by atoms with Gasteiger partial charge in [-0.3, -0.25) is 19.1 Å². The predicted molar refractivity (Wildman–Crippen MR) is 104 cm³/mol. The molecule has 0 radical (unpaired) electrons. The number of benzene rings is 1. The predicted octanol–water partition coefficient (Wildman–Crippen LogP) is 3.13. The summed E-state index contributed by atoms with van der Waals surface area (Å²) in [5.74, 6) is -0.231. The number of fused-ring (bicyclic) bond motifs is 1. The number of hydrogen-bond acceptors (Lipinski definition) is 4. The van der Waals surface area contributed by atoms with E-state index in [0.29, 0.717) is 27.8 Å². The highest BCUT2D eigenvalue weighted by Crippen LogP contribution is 2.14. The molecule has 1 unspecified atom stereocenters. The zero-order valence-electron chi connectivity index (χ0n) is 14.2.